The van der Waals surface area contributed by atoms with Crippen LogP contribution in [-0.4, -0.2) is 73.1 Å². The SMILES string of the molecule is CCN1CCC(CN2CCC(N3CCC(C(C)C)CC3)CC2)C1. The van der Waals surface area contributed by atoms with Gasteiger partial charge in [0.2, 0.25) is 0 Å². The monoisotopic (exact) mass is 321 g/mol. The van der Waals surface area contributed by atoms with E-state index in [4.69, 9.17) is 0 Å². The second kappa shape index (κ2) is 8.31. The highest BCUT2D eigenvalue weighted by Gasteiger charge is 2.30. The van der Waals surface area contributed by atoms with Gasteiger partial charge in [-0.1, -0.05) is 20.8 Å². The fourth-order valence-corrected chi connectivity index (χ4v) is 5.13. The lowest BCUT2D eigenvalue weighted by atomic mass is 9.85. The van der Waals surface area contributed by atoms with Gasteiger partial charge in [-0.15, -0.1) is 0 Å². The Balaban J connectivity index is 1.36. The van der Waals surface area contributed by atoms with E-state index < -0.39 is 0 Å². The van der Waals surface area contributed by atoms with E-state index in [0.717, 1.165) is 23.8 Å². The van der Waals surface area contributed by atoms with E-state index in [1.54, 1.807) is 0 Å². The lowest BCUT2D eigenvalue weighted by molar-refractivity contribution is 0.0648. The van der Waals surface area contributed by atoms with Crippen LogP contribution in [0.25, 0.3) is 0 Å². The summed E-state index contributed by atoms with van der Waals surface area (Å²) in [4.78, 5) is 8.21. The third-order valence-electron chi connectivity index (χ3n) is 6.92. The number of likely N-dealkylation sites (tertiary alicyclic amines) is 3. The van der Waals surface area contributed by atoms with Crippen LogP contribution in [0.3, 0.4) is 0 Å². The predicted octanol–water partition coefficient (Wildman–Crippen LogP) is 3.16. The predicted molar refractivity (Wildman–Crippen MR) is 98.8 cm³/mol. The largest absolute Gasteiger partial charge is 0.303 e. The van der Waals surface area contributed by atoms with Crippen molar-refractivity contribution in [2.24, 2.45) is 17.8 Å². The van der Waals surface area contributed by atoms with Crippen molar-refractivity contribution in [2.75, 3.05) is 52.4 Å². The lowest BCUT2D eigenvalue weighted by Crippen LogP contribution is -2.48. The molecule has 3 saturated heterocycles. The Kier molecular flexibility index (Phi) is 6.39. The Morgan fingerprint density at radius 3 is 2.04 bits per heavy atom. The van der Waals surface area contributed by atoms with E-state index in [-0.39, 0.29) is 0 Å². The maximum atomic E-state index is 2.82. The van der Waals surface area contributed by atoms with Gasteiger partial charge in [0.05, 0.1) is 0 Å². The van der Waals surface area contributed by atoms with Gasteiger partial charge >= 0.3 is 0 Å². The maximum Gasteiger partial charge on any atom is 0.0120 e. The van der Waals surface area contributed by atoms with Gasteiger partial charge in [-0.3, -0.25) is 0 Å². The highest BCUT2D eigenvalue weighted by Crippen LogP contribution is 2.28. The minimum absolute atomic E-state index is 0.882. The number of hydrogen-bond acceptors (Lipinski definition) is 3. The average Bonchev–Trinajstić information content (AvgIpc) is 3.03. The van der Waals surface area contributed by atoms with Crippen LogP contribution in [0.5, 0.6) is 0 Å². The third-order valence-corrected chi connectivity index (χ3v) is 6.92. The van der Waals surface area contributed by atoms with Crippen molar-refractivity contribution in [3.8, 4) is 0 Å². The zero-order valence-corrected chi connectivity index (χ0v) is 15.8. The van der Waals surface area contributed by atoms with Crippen molar-refractivity contribution >= 4 is 0 Å². The fraction of sp³-hybridized carbons (Fsp3) is 1.00. The Bertz CT molecular complexity index is 341. The van der Waals surface area contributed by atoms with Crippen LogP contribution < -0.4 is 0 Å². The summed E-state index contributed by atoms with van der Waals surface area (Å²) in [6.45, 7) is 17.8. The molecule has 0 N–H and O–H groups in total. The van der Waals surface area contributed by atoms with Gasteiger partial charge in [0.15, 0.2) is 0 Å². The zero-order chi connectivity index (χ0) is 16.2. The first-order chi connectivity index (χ1) is 11.2. The molecule has 0 aromatic heterocycles. The molecule has 0 aromatic rings. The summed E-state index contributed by atoms with van der Waals surface area (Å²) in [5, 5.41) is 0. The standard InChI is InChI=1S/C20H39N3/c1-4-21-10-5-18(15-21)16-22-11-8-20(9-12-22)23-13-6-19(7-14-23)17(2)3/h17-20H,4-16H2,1-3H3. The summed E-state index contributed by atoms with van der Waals surface area (Å²) in [5.74, 6) is 2.80. The second-order valence-corrected chi connectivity index (χ2v) is 8.70. The molecule has 3 aliphatic heterocycles. The molecule has 0 radical (unpaired) electrons. The van der Waals surface area contributed by atoms with Crippen LogP contribution in [0.15, 0.2) is 0 Å². The highest BCUT2D eigenvalue weighted by atomic mass is 15.2. The van der Waals surface area contributed by atoms with Crippen LogP contribution in [0.1, 0.15) is 52.9 Å². The molecular formula is C20H39N3. The summed E-state index contributed by atoms with van der Waals surface area (Å²) in [5.41, 5.74) is 0. The molecule has 3 fully saturated rings. The van der Waals surface area contributed by atoms with Crippen LogP contribution in [0, 0.1) is 17.8 Å². The Labute approximate surface area is 144 Å². The van der Waals surface area contributed by atoms with Crippen molar-refractivity contribution in [1.29, 1.82) is 0 Å². The summed E-state index contributed by atoms with van der Waals surface area (Å²) >= 11 is 0. The second-order valence-electron chi connectivity index (χ2n) is 8.70. The molecule has 3 heterocycles. The smallest absolute Gasteiger partial charge is 0.0120 e. The normalized spacial score (nSPS) is 30.5. The molecule has 0 amide bonds. The molecule has 0 spiro atoms. The third kappa shape index (κ3) is 4.70. The molecule has 3 aliphatic rings. The van der Waals surface area contributed by atoms with E-state index in [0.29, 0.717) is 0 Å². The first-order valence-electron chi connectivity index (χ1n) is 10.3. The van der Waals surface area contributed by atoms with Crippen molar-refractivity contribution < 1.29 is 0 Å². The number of nitrogens with zero attached hydrogens (tertiary/aromatic N) is 3. The first kappa shape index (κ1) is 17.7. The van der Waals surface area contributed by atoms with E-state index >= 15 is 0 Å². The lowest BCUT2D eigenvalue weighted by Gasteiger charge is -2.43. The molecule has 3 nitrogen and oxygen atoms in total. The van der Waals surface area contributed by atoms with Gasteiger partial charge in [-0.05, 0) is 89.1 Å². The van der Waals surface area contributed by atoms with Crippen molar-refractivity contribution in [3.63, 3.8) is 0 Å². The number of hydrogen-bond donors (Lipinski definition) is 0. The first-order valence-corrected chi connectivity index (χ1v) is 10.3. The minimum Gasteiger partial charge on any atom is -0.303 e. The molecule has 3 heteroatoms. The molecule has 1 unspecified atom stereocenters. The molecular weight excluding hydrogens is 282 g/mol. The number of piperidine rings is 2. The van der Waals surface area contributed by atoms with Crippen molar-refractivity contribution in [3.05, 3.63) is 0 Å². The van der Waals surface area contributed by atoms with E-state index in [2.05, 4.69) is 35.5 Å². The van der Waals surface area contributed by atoms with Crippen LogP contribution in [0.2, 0.25) is 0 Å². The summed E-state index contributed by atoms with van der Waals surface area (Å²) < 4.78 is 0. The zero-order valence-electron chi connectivity index (χ0n) is 15.8. The summed E-state index contributed by atoms with van der Waals surface area (Å²) in [6, 6.07) is 0.884. The van der Waals surface area contributed by atoms with E-state index in [1.807, 2.05) is 0 Å². The van der Waals surface area contributed by atoms with Crippen LogP contribution >= 0.6 is 0 Å². The van der Waals surface area contributed by atoms with Gasteiger partial charge in [-0.2, -0.15) is 0 Å². The van der Waals surface area contributed by atoms with E-state index in [1.165, 1.54) is 84.5 Å². The molecule has 0 aromatic carbocycles. The van der Waals surface area contributed by atoms with Gasteiger partial charge in [0.25, 0.3) is 0 Å². The molecule has 23 heavy (non-hydrogen) atoms. The maximum absolute atomic E-state index is 2.82. The molecule has 0 bridgehead atoms. The minimum atomic E-state index is 0.882. The van der Waals surface area contributed by atoms with E-state index in [9.17, 15) is 0 Å². The van der Waals surface area contributed by atoms with Gasteiger partial charge in [0.1, 0.15) is 0 Å². The Morgan fingerprint density at radius 2 is 1.48 bits per heavy atom. The highest BCUT2D eigenvalue weighted by molar-refractivity contribution is 4.85. The Hall–Kier alpha value is -0.120. The van der Waals surface area contributed by atoms with Crippen molar-refractivity contribution in [1.82, 2.24) is 14.7 Å². The molecule has 134 valence electrons. The van der Waals surface area contributed by atoms with Gasteiger partial charge in [0, 0.05) is 19.1 Å². The topological polar surface area (TPSA) is 9.72 Å². The summed E-state index contributed by atoms with van der Waals surface area (Å²) in [7, 11) is 0. The van der Waals surface area contributed by atoms with Crippen LogP contribution in [0.4, 0.5) is 0 Å². The average molecular weight is 322 g/mol. The van der Waals surface area contributed by atoms with Gasteiger partial charge in [-0.25, -0.2) is 0 Å². The number of rotatable bonds is 5. The molecule has 0 aliphatic carbocycles. The van der Waals surface area contributed by atoms with Gasteiger partial charge < -0.3 is 14.7 Å². The quantitative estimate of drug-likeness (QED) is 0.770. The summed E-state index contributed by atoms with van der Waals surface area (Å²) in [6.07, 6.45) is 7.13. The fourth-order valence-electron chi connectivity index (χ4n) is 5.13. The molecule has 0 saturated carbocycles. The van der Waals surface area contributed by atoms with Crippen molar-refractivity contribution in [2.45, 2.75) is 58.9 Å². The van der Waals surface area contributed by atoms with Crippen LogP contribution in [-0.2, 0) is 0 Å². The molecule has 1 atom stereocenters. The molecule has 3 rings (SSSR count). The Morgan fingerprint density at radius 1 is 0.826 bits per heavy atom.